The molecule has 2 heterocycles. The fraction of sp³-hybridized carbons (Fsp3) is 0. The van der Waals surface area contributed by atoms with Crippen LogP contribution in [-0.2, 0) is 0 Å². The Labute approximate surface area is 79.0 Å². The SMILES string of the molecule is [C-]#[N+]c1cnc2c(Cl)ncnc2c1. The second kappa shape index (κ2) is 2.96. The summed E-state index contributed by atoms with van der Waals surface area (Å²) in [7, 11) is 0. The van der Waals surface area contributed by atoms with Crippen molar-refractivity contribution in [3.05, 3.63) is 35.2 Å². The van der Waals surface area contributed by atoms with Crippen LogP contribution in [0, 0.1) is 6.57 Å². The first-order valence-corrected chi connectivity index (χ1v) is 3.83. The van der Waals surface area contributed by atoms with Crippen LogP contribution in [0.5, 0.6) is 0 Å². The zero-order chi connectivity index (χ0) is 9.26. The van der Waals surface area contributed by atoms with Gasteiger partial charge in [0.25, 0.3) is 0 Å². The van der Waals surface area contributed by atoms with Crippen molar-refractivity contribution in [2.45, 2.75) is 0 Å². The Bertz CT molecular complexity index is 503. The fourth-order valence-electron chi connectivity index (χ4n) is 0.964. The van der Waals surface area contributed by atoms with Gasteiger partial charge in [-0.05, 0) is 6.07 Å². The van der Waals surface area contributed by atoms with E-state index in [2.05, 4.69) is 19.8 Å². The molecule has 0 bridgehead atoms. The van der Waals surface area contributed by atoms with E-state index >= 15 is 0 Å². The van der Waals surface area contributed by atoms with Crippen molar-refractivity contribution in [1.29, 1.82) is 0 Å². The summed E-state index contributed by atoms with van der Waals surface area (Å²) in [4.78, 5) is 14.9. The number of hydrogen-bond acceptors (Lipinski definition) is 3. The second-order valence-corrected chi connectivity index (χ2v) is 2.70. The topological polar surface area (TPSA) is 43.0 Å². The summed E-state index contributed by atoms with van der Waals surface area (Å²) in [6, 6.07) is 1.63. The molecule has 62 valence electrons. The summed E-state index contributed by atoms with van der Waals surface area (Å²) < 4.78 is 0. The number of rotatable bonds is 0. The van der Waals surface area contributed by atoms with E-state index in [0.717, 1.165) is 0 Å². The summed E-state index contributed by atoms with van der Waals surface area (Å²) in [5.74, 6) is 0. The van der Waals surface area contributed by atoms with Crippen molar-refractivity contribution in [2.24, 2.45) is 0 Å². The van der Waals surface area contributed by atoms with Gasteiger partial charge in [-0.3, -0.25) is 4.98 Å². The molecule has 0 saturated heterocycles. The molecule has 0 unspecified atom stereocenters. The Morgan fingerprint density at radius 3 is 2.92 bits per heavy atom. The zero-order valence-corrected chi connectivity index (χ0v) is 7.15. The Kier molecular flexibility index (Phi) is 1.80. The molecule has 0 saturated carbocycles. The molecule has 0 atom stereocenters. The lowest BCUT2D eigenvalue weighted by Gasteiger charge is -1.96. The molecule has 0 amide bonds. The van der Waals surface area contributed by atoms with E-state index < -0.39 is 0 Å². The predicted molar refractivity (Wildman–Crippen MR) is 48.6 cm³/mol. The average Bonchev–Trinajstić information content (AvgIpc) is 2.18. The molecule has 0 aliphatic heterocycles. The molecule has 13 heavy (non-hydrogen) atoms. The fourth-order valence-corrected chi connectivity index (χ4v) is 1.15. The van der Waals surface area contributed by atoms with E-state index in [4.69, 9.17) is 18.2 Å². The van der Waals surface area contributed by atoms with E-state index in [-0.39, 0.29) is 0 Å². The lowest BCUT2D eigenvalue weighted by atomic mass is 10.3. The summed E-state index contributed by atoms with van der Waals surface area (Å²) in [5.41, 5.74) is 1.56. The van der Waals surface area contributed by atoms with E-state index in [0.29, 0.717) is 21.9 Å². The number of halogens is 1. The highest BCUT2D eigenvalue weighted by molar-refractivity contribution is 6.33. The molecule has 0 N–H and O–H groups in total. The van der Waals surface area contributed by atoms with Gasteiger partial charge in [-0.15, -0.1) is 0 Å². The van der Waals surface area contributed by atoms with Crippen LogP contribution in [0.4, 0.5) is 5.69 Å². The highest BCUT2D eigenvalue weighted by Crippen LogP contribution is 2.20. The van der Waals surface area contributed by atoms with Gasteiger partial charge in [-0.2, -0.15) is 0 Å². The van der Waals surface area contributed by atoms with E-state index in [1.807, 2.05) is 0 Å². The summed E-state index contributed by atoms with van der Waals surface area (Å²) in [6.45, 7) is 6.78. The maximum Gasteiger partial charge on any atom is 0.207 e. The third-order valence-corrected chi connectivity index (χ3v) is 1.82. The summed E-state index contributed by atoms with van der Waals surface area (Å²) in [5, 5.41) is 0.307. The molecule has 0 aliphatic carbocycles. The first-order valence-electron chi connectivity index (χ1n) is 3.45. The van der Waals surface area contributed by atoms with Gasteiger partial charge in [0, 0.05) is 6.20 Å². The first kappa shape index (κ1) is 7.90. The molecule has 5 heteroatoms. The van der Waals surface area contributed by atoms with E-state index in [9.17, 15) is 0 Å². The minimum atomic E-state index is 0.307. The van der Waals surface area contributed by atoms with Crippen LogP contribution in [0.1, 0.15) is 0 Å². The van der Waals surface area contributed by atoms with Gasteiger partial charge >= 0.3 is 0 Å². The molecule has 0 aliphatic rings. The van der Waals surface area contributed by atoms with Crippen molar-refractivity contribution in [3.8, 4) is 0 Å². The van der Waals surface area contributed by atoms with Gasteiger partial charge in [-0.1, -0.05) is 11.6 Å². The Balaban J connectivity index is 2.82. The minimum Gasteiger partial charge on any atom is -0.263 e. The van der Waals surface area contributed by atoms with Crippen LogP contribution in [-0.4, -0.2) is 15.0 Å². The second-order valence-electron chi connectivity index (χ2n) is 2.34. The Morgan fingerprint density at radius 1 is 1.31 bits per heavy atom. The van der Waals surface area contributed by atoms with Gasteiger partial charge in [-0.25, -0.2) is 14.8 Å². The monoisotopic (exact) mass is 190 g/mol. The third kappa shape index (κ3) is 1.30. The standard InChI is InChI=1S/C8H3ClN4/c1-10-5-2-6-7(11-3-5)8(9)13-4-12-6/h2-4H. The molecule has 0 spiro atoms. The zero-order valence-electron chi connectivity index (χ0n) is 6.40. The highest BCUT2D eigenvalue weighted by atomic mass is 35.5. The average molecular weight is 191 g/mol. The smallest absolute Gasteiger partial charge is 0.207 e. The maximum atomic E-state index is 6.78. The van der Waals surface area contributed by atoms with Crippen LogP contribution in [0.25, 0.3) is 15.9 Å². The molecule has 2 aromatic heterocycles. The number of nitrogens with zero attached hydrogens (tertiary/aromatic N) is 4. The van der Waals surface area contributed by atoms with Crippen LogP contribution >= 0.6 is 11.6 Å². The van der Waals surface area contributed by atoms with Gasteiger partial charge in [0.05, 0.1) is 12.1 Å². The molecular formula is C8H3ClN4. The Morgan fingerprint density at radius 2 is 2.15 bits per heavy atom. The maximum absolute atomic E-state index is 6.78. The van der Waals surface area contributed by atoms with E-state index in [1.54, 1.807) is 6.07 Å². The molecule has 2 rings (SSSR count). The van der Waals surface area contributed by atoms with Crippen LogP contribution in [0.2, 0.25) is 5.15 Å². The molecular weight excluding hydrogens is 188 g/mol. The van der Waals surface area contributed by atoms with Gasteiger partial charge in [0.2, 0.25) is 5.69 Å². The summed E-state index contributed by atoms with van der Waals surface area (Å²) >= 11 is 5.76. The summed E-state index contributed by atoms with van der Waals surface area (Å²) in [6.07, 6.45) is 2.80. The van der Waals surface area contributed by atoms with Crippen molar-refractivity contribution < 1.29 is 0 Å². The molecule has 0 fully saturated rings. The number of hydrogen-bond donors (Lipinski definition) is 0. The van der Waals surface area contributed by atoms with Crippen LogP contribution < -0.4 is 0 Å². The quantitative estimate of drug-likeness (QED) is 0.473. The lowest BCUT2D eigenvalue weighted by molar-refractivity contribution is 1.20. The third-order valence-electron chi connectivity index (χ3n) is 1.55. The predicted octanol–water partition coefficient (Wildman–Crippen LogP) is 2.23. The molecule has 2 aromatic rings. The first-order chi connectivity index (χ1) is 6.31. The lowest BCUT2D eigenvalue weighted by Crippen LogP contribution is -1.85. The van der Waals surface area contributed by atoms with E-state index in [1.165, 1.54) is 12.5 Å². The number of pyridine rings is 1. The largest absolute Gasteiger partial charge is 0.263 e. The van der Waals surface area contributed by atoms with Gasteiger partial charge in [0.15, 0.2) is 5.15 Å². The van der Waals surface area contributed by atoms with Gasteiger partial charge in [0.1, 0.15) is 11.8 Å². The van der Waals surface area contributed by atoms with Crippen molar-refractivity contribution >= 4 is 28.3 Å². The molecule has 0 aromatic carbocycles. The minimum absolute atomic E-state index is 0.307. The Hall–Kier alpha value is -1.73. The van der Waals surface area contributed by atoms with Crippen molar-refractivity contribution in [3.63, 3.8) is 0 Å². The number of aromatic nitrogens is 3. The van der Waals surface area contributed by atoms with Crippen molar-refractivity contribution in [2.75, 3.05) is 0 Å². The molecule has 0 radical (unpaired) electrons. The van der Waals surface area contributed by atoms with Crippen LogP contribution in [0.15, 0.2) is 18.6 Å². The highest BCUT2D eigenvalue weighted by Gasteiger charge is 2.02. The normalized spacial score (nSPS) is 9.85. The van der Waals surface area contributed by atoms with Crippen LogP contribution in [0.3, 0.4) is 0 Å². The van der Waals surface area contributed by atoms with Gasteiger partial charge < -0.3 is 0 Å². The number of fused-ring (bicyclic) bond motifs is 1. The molecule has 4 nitrogen and oxygen atoms in total. The van der Waals surface area contributed by atoms with Crippen molar-refractivity contribution in [1.82, 2.24) is 15.0 Å².